The Morgan fingerprint density at radius 1 is 1.42 bits per heavy atom. The number of carbonyl (C=O) groups excluding carboxylic acids is 1. The Morgan fingerprint density at radius 2 is 2.21 bits per heavy atom. The van der Waals surface area contributed by atoms with Gasteiger partial charge in [0.2, 0.25) is 5.91 Å². The molecule has 1 amide bonds. The Bertz CT molecular complexity index is 566. The highest BCUT2D eigenvalue weighted by Crippen LogP contribution is 2.22. The summed E-state index contributed by atoms with van der Waals surface area (Å²) < 4.78 is 23.0. The van der Waals surface area contributed by atoms with E-state index in [1.165, 1.54) is 0 Å². The second-order valence-electron chi connectivity index (χ2n) is 5.24. The van der Waals surface area contributed by atoms with E-state index in [1.807, 2.05) is 31.2 Å². The van der Waals surface area contributed by atoms with E-state index < -0.39 is 9.84 Å². The van der Waals surface area contributed by atoms with Gasteiger partial charge in [0.05, 0.1) is 11.5 Å². The predicted molar refractivity (Wildman–Crippen MR) is 75.8 cm³/mol. The molecule has 0 bridgehead atoms. The number of carbonyl (C=O) groups is 1. The Labute approximate surface area is 114 Å². The van der Waals surface area contributed by atoms with Gasteiger partial charge in [0.15, 0.2) is 9.84 Å². The zero-order chi connectivity index (χ0) is 13.9. The first kappa shape index (κ1) is 14.1. The van der Waals surface area contributed by atoms with Crippen LogP contribution in [0.15, 0.2) is 24.3 Å². The van der Waals surface area contributed by atoms with Crippen LogP contribution in [0.25, 0.3) is 0 Å². The van der Waals surface area contributed by atoms with Gasteiger partial charge >= 0.3 is 0 Å². The van der Waals surface area contributed by atoms with E-state index in [2.05, 4.69) is 5.32 Å². The van der Waals surface area contributed by atoms with Crippen molar-refractivity contribution in [1.82, 2.24) is 0 Å². The van der Waals surface area contributed by atoms with Crippen LogP contribution in [0, 0.1) is 12.8 Å². The van der Waals surface area contributed by atoms with Gasteiger partial charge in [-0.2, -0.15) is 0 Å². The fraction of sp³-hybridized carbons (Fsp3) is 0.500. The number of aryl methyl sites for hydroxylation is 1. The van der Waals surface area contributed by atoms with Crippen LogP contribution < -0.4 is 5.32 Å². The number of amides is 1. The Hall–Kier alpha value is -1.36. The van der Waals surface area contributed by atoms with Gasteiger partial charge in [-0.3, -0.25) is 4.79 Å². The first-order valence-electron chi connectivity index (χ1n) is 6.51. The minimum absolute atomic E-state index is 0.0384. The van der Waals surface area contributed by atoms with Crippen LogP contribution in [0.2, 0.25) is 0 Å². The van der Waals surface area contributed by atoms with Crippen LogP contribution in [-0.4, -0.2) is 25.8 Å². The quantitative estimate of drug-likeness (QED) is 0.923. The molecule has 2 rings (SSSR count). The van der Waals surface area contributed by atoms with E-state index in [0.29, 0.717) is 6.42 Å². The molecule has 1 unspecified atom stereocenters. The second kappa shape index (κ2) is 5.74. The third-order valence-electron chi connectivity index (χ3n) is 3.33. The predicted octanol–water partition coefficient (Wildman–Crippen LogP) is 2.15. The number of sulfone groups is 1. The minimum atomic E-state index is -2.94. The first-order chi connectivity index (χ1) is 8.94. The molecular weight excluding hydrogens is 262 g/mol. The Morgan fingerprint density at radius 3 is 2.89 bits per heavy atom. The van der Waals surface area contributed by atoms with Crippen molar-refractivity contribution < 1.29 is 13.2 Å². The van der Waals surface area contributed by atoms with Crippen molar-refractivity contribution >= 4 is 21.4 Å². The normalized spacial score (nSPS) is 21.8. The van der Waals surface area contributed by atoms with Crippen molar-refractivity contribution in [2.75, 3.05) is 16.8 Å². The summed E-state index contributed by atoms with van der Waals surface area (Å²) in [6, 6.07) is 7.58. The summed E-state index contributed by atoms with van der Waals surface area (Å²) in [5.74, 6) is 0.272. The number of anilines is 1. The maximum atomic E-state index is 11.9. The zero-order valence-electron chi connectivity index (χ0n) is 11.1. The van der Waals surface area contributed by atoms with Gasteiger partial charge in [0, 0.05) is 12.1 Å². The fourth-order valence-electron chi connectivity index (χ4n) is 2.48. The topological polar surface area (TPSA) is 63.2 Å². The molecule has 1 aromatic carbocycles. The van der Waals surface area contributed by atoms with Crippen LogP contribution in [0.4, 0.5) is 5.69 Å². The van der Waals surface area contributed by atoms with Crippen LogP contribution in [0.5, 0.6) is 0 Å². The van der Waals surface area contributed by atoms with Crippen molar-refractivity contribution in [3.8, 4) is 0 Å². The van der Waals surface area contributed by atoms with Crippen LogP contribution >= 0.6 is 0 Å². The smallest absolute Gasteiger partial charge is 0.224 e. The Kier molecular flexibility index (Phi) is 4.24. The highest BCUT2D eigenvalue weighted by molar-refractivity contribution is 7.91. The Balaban J connectivity index is 1.91. The summed E-state index contributed by atoms with van der Waals surface area (Å²) in [6.45, 7) is 1.96. The van der Waals surface area contributed by atoms with Gasteiger partial charge in [-0.05, 0) is 43.4 Å². The van der Waals surface area contributed by atoms with Gasteiger partial charge in [-0.25, -0.2) is 8.42 Å². The van der Waals surface area contributed by atoms with Crippen molar-refractivity contribution in [1.29, 1.82) is 0 Å². The lowest BCUT2D eigenvalue weighted by molar-refractivity contribution is -0.117. The summed E-state index contributed by atoms with van der Waals surface area (Å²) in [5.41, 5.74) is 1.85. The maximum absolute atomic E-state index is 11.9. The lowest BCUT2D eigenvalue weighted by atomic mass is 10.0. The summed E-state index contributed by atoms with van der Waals surface area (Å²) in [4.78, 5) is 11.9. The second-order valence-corrected chi connectivity index (χ2v) is 7.47. The van der Waals surface area contributed by atoms with E-state index in [1.54, 1.807) is 0 Å². The average Bonchev–Trinajstić information content (AvgIpc) is 2.27. The van der Waals surface area contributed by atoms with E-state index in [-0.39, 0.29) is 29.8 Å². The monoisotopic (exact) mass is 281 g/mol. The fourth-order valence-corrected chi connectivity index (χ4v) is 4.25. The van der Waals surface area contributed by atoms with E-state index >= 15 is 0 Å². The van der Waals surface area contributed by atoms with E-state index in [4.69, 9.17) is 0 Å². The molecule has 1 heterocycles. The molecule has 0 spiro atoms. The molecule has 5 heteroatoms. The lowest BCUT2D eigenvalue weighted by Gasteiger charge is -2.21. The van der Waals surface area contributed by atoms with Crippen LogP contribution in [0.1, 0.15) is 24.8 Å². The number of benzene rings is 1. The third kappa shape index (κ3) is 4.35. The van der Waals surface area contributed by atoms with Gasteiger partial charge in [-0.1, -0.05) is 12.1 Å². The molecule has 4 nitrogen and oxygen atoms in total. The third-order valence-corrected chi connectivity index (χ3v) is 5.22. The van der Waals surface area contributed by atoms with Gasteiger partial charge in [0.25, 0.3) is 0 Å². The molecule has 0 aromatic heterocycles. The number of nitrogens with one attached hydrogen (secondary N) is 1. The van der Waals surface area contributed by atoms with Gasteiger partial charge in [0.1, 0.15) is 0 Å². The number of rotatable bonds is 3. The molecule has 1 aliphatic rings. The molecule has 0 saturated carbocycles. The van der Waals surface area contributed by atoms with Crippen molar-refractivity contribution in [3.63, 3.8) is 0 Å². The molecule has 1 saturated heterocycles. The van der Waals surface area contributed by atoms with Crippen LogP contribution in [-0.2, 0) is 14.6 Å². The summed E-state index contributed by atoms with van der Waals surface area (Å²) in [7, 11) is -2.94. The summed E-state index contributed by atoms with van der Waals surface area (Å²) >= 11 is 0. The number of hydrogen-bond acceptors (Lipinski definition) is 3. The average molecular weight is 281 g/mol. The first-order valence-corrected chi connectivity index (χ1v) is 8.34. The van der Waals surface area contributed by atoms with E-state index in [9.17, 15) is 13.2 Å². The molecular formula is C14H19NO3S. The minimum Gasteiger partial charge on any atom is -0.326 e. The molecule has 1 atom stereocenters. The number of hydrogen-bond donors (Lipinski definition) is 1. The molecule has 1 aromatic rings. The molecule has 1 aliphatic heterocycles. The maximum Gasteiger partial charge on any atom is 0.224 e. The molecule has 104 valence electrons. The van der Waals surface area contributed by atoms with Crippen LogP contribution in [0.3, 0.4) is 0 Å². The highest BCUT2D eigenvalue weighted by Gasteiger charge is 2.26. The molecule has 1 N–H and O–H groups in total. The van der Waals surface area contributed by atoms with E-state index in [0.717, 1.165) is 17.7 Å². The standard InChI is InChI=1S/C14H19NO3S/c1-11-4-2-6-13(8-11)15-14(16)9-12-5-3-7-19(17,18)10-12/h2,4,6,8,12H,3,5,7,9-10H2,1H3,(H,15,16). The SMILES string of the molecule is Cc1cccc(NC(=O)CC2CCCS(=O)(=O)C2)c1. The van der Waals surface area contributed by atoms with Crippen molar-refractivity contribution in [2.45, 2.75) is 26.2 Å². The summed E-state index contributed by atoms with van der Waals surface area (Å²) in [5, 5.41) is 2.82. The molecule has 19 heavy (non-hydrogen) atoms. The zero-order valence-corrected chi connectivity index (χ0v) is 11.9. The largest absolute Gasteiger partial charge is 0.326 e. The lowest BCUT2D eigenvalue weighted by Crippen LogP contribution is -2.28. The molecule has 1 fully saturated rings. The van der Waals surface area contributed by atoms with Gasteiger partial charge in [-0.15, -0.1) is 0 Å². The summed E-state index contributed by atoms with van der Waals surface area (Å²) in [6.07, 6.45) is 1.78. The molecule has 0 aliphatic carbocycles. The van der Waals surface area contributed by atoms with Gasteiger partial charge < -0.3 is 5.32 Å². The van der Waals surface area contributed by atoms with Crippen molar-refractivity contribution in [3.05, 3.63) is 29.8 Å². The highest BCUT2D eigenvalue weighted by atomic mass is 32.2. The van der Waals surface area contributed by atoms with Crippen molar-refractivity contribution in [2.24, 2.45) is 5.92 Å². The molecule has 0 radical (unpaired) electrons.